The molecule has 2 aromatic carbocycles. The van der Waals surface area contributed by atoms with Gasteiger partial charge in [0.25, 0.3) is 5.91 Å². The number of benzene rings is 2. The molecule has 1 N–H and O–H groups in total. The summed E-state index contributed by atoms with van der Waals surface area (Å²) in [5.41, 5.74) is 2.33. The molecule has 2 aromatic rings. The maximum absolute atomic E-state index is 13.6. The Morgan fingerprint density at radius 3 is 2.59 bits per heavy atom. The van der Waals surface area contributed by atoms with Crippen molar-refractivity contribution in [3.8, 4) is 11.5 Å². The molecule has 1 aliphatic carbocycles. The van der Waals surface area contributed by atoms with Gasteiger partial charge in [0, 0.05) is 30.4 Å². The molecule has 182 valence electrons. The van der Waals surface area contributed by atoms with Crippen molar-refractivity contribution < 1.29 is 27.5 Å². The van der Waals surface area contributed by atoms with Crippen molar-refractivity contribution in [3.05, 3.63) is 53.1 Å². The first-order valence-corrected chi connectivity index (χ1v) is 13.4. The van der Waals surface area contributed by atoms with Gasteiger partial charge >= 0.3 is 0 Å². The molecule has 1 fully saturated rings. The lowest BCUT2D eigenvalue weighted by Crippen LogP contribution is -2.34. The maximum Gasteiger partial charge on any atom is 0.257 e. The third-order valence-electron chi connectivity index (χ3n) is 6.45. The normalized spacial score (nSPS) is 17.1. The second-order valence-electron chi connectivity index (χ2n) is 9.06. The lowest BCUT2D eigenvalue weighted by Gasteiger charge is -2.28. The van der Waals surface area contributed by atoms with Crippen LogP contribution in [0.2, 0.25) is 0 Å². The Labute approximate surface area is 200 Å². The number of hydrogen-bond donors (Lipinski definition) is 1. The minimum absolute atomic E-state index is 0.221. The second kappa shape index (κ2) is 9.29. The number of aldehydes is 1. The van der Waals surface area contributed by atoms with Crippen molar-refractivity contribution in [2.45, 2.75) is 32.4 Å². The maximum atomic E-state index is 13.6. The van der Waals surface area contributed by atoms with Gasteiger partial charge in [0.15, 0.2) is 11.5 Å². The monoisotopic (exact) mass is 486 g/mol. The van der Waals surface area contributed by atoms with Gasteiger partial charge in [-0.2, -0.15) is 0 Å². The molecule has 1 amide bonds. The molecule has 4 rings (SSSR count). The fourth-order valence-corrected chi connectivity index (χ4v) is 5.32. The number of amides is 1. The summed E-state index contributed by atoms with van der Waals surface area (Å²) in [5, 5.41) is 3.28. The lowest BCUT2D eigenvalue weighted by molar-refractivity contribution is -0.111. The molecular weight excluding hydrogens is 456 g/mol. The molecule has 1 unspecified atom stereocenters. The van der Waals surface area contributed by atoms with E-state index < -0.39 is 15.9 Å². The fraction of sp³-hybridized carbons (Fsp3) is 0.440. The molecule has 1 saturated carbocycles. The van der Waals surface area contributed by atoms with E-state index in [1.807, 2.05) is 25.1 Å². The van der Waals surface area contributed by atoms with E-state index in [0.717, 1.165) is 24.7 Å². The highest BCUT2D eigenvalue weighted by molar-refractivity contribution is 7.90. The van der Waals surface area contributed by atoms with Crippen molar-refractivity contribution in [1.82, 2.24) is 4.90 Å². The van der Waals surface area contributed by atoms with Gasteiger partial charge < -0.3 is 24.5 Å². The van der Waals surface area contributed by atoms with Crippen molar-refractivity contribution in [2.24, 2.45) is 5.41 Å². The molecular formula is C25H30N2O6S. The van der Waals surface area contributed by atoms with Gasteiger partial charge in [-0.3, -0.25) is 4.79 Å². The Balaban J connectivity index is 1.67. The van der Waals surface area contributed by atoms with E-state index in [0.29, 0.717) is 48.0 Å². The lowest BCUT2D eigenvalue weighted by atomic mass is 10.1. The van der Waals surface area contributed by atoms with Crippen LogP contribution in [0, 0.1) is 5.41 Å². The SMILES string of the molecule is CCOc1cc(C(CS(C)(=O)=O)N2Cc3cccc(NCC4(C=O)CC4)c3C2=O)ccc1OC. The van der Waals surface area contributed by atoms with Crippen LogP contribution >= 0.6 is 0 Å². The summed E-state index contributed by atoms with van der Waals surface area (Å²) in [5.74, 6) is 0.574. The van der Waals surface area contributed by atoms with Crippen LogP contribution < -0.4 is 14.8 Å². The third kappa shape index (κ3) is 4.89. The number of fused-ring (bicyclic) bond motifs is 1. The molecule has 1 aliphatic heterocycles. The van der Waals surface area contributed by atoms with Gasteiger partial charge in [-0.25, -0.2) is 8.42 Å². The first-order chi connectivity index (χ1) is 16.2. The predicted molar refractivity (Wildman–Crippen MR) is 129 cm³/mol. The molecule has 0 radical (unpaired) electrons. The van der Waals surface area contributed by atoms with Crippen molar-refractivity contribution in [1.29, 1.82) is 0 Å². The smallest absolute Gasteiger partial charge is 0.257 e. The highest BCUT2D eigenvalue weighted by Gasteiger charge is 2.43. The number of ether oxygens (including phenoxy) is 2. The van der Waals surface area contributed by atoms with Crippen LogP contribution in [0.1, 0.15) is 47.3 Å². The highest BCUT2D eigenvalue weighted by atomic mass is 32.2. The zero-order valence-electron chi connectivity index (χ0n) is 19.7. The summed E-state index contributed by atoms with van der Waals surface area (Å²) in [6.45, 7) is 3.04. The number of methoxy groups -OCH3 is 1. The van der Waals surface area contributed by atoms with Gasteiger partial charge in [-0.1, -0.05) is 18.2 Å². The molecule has 0 spiro atoms. The molecule has 1 heterocycles. The molecule has 8 nitrogen and oxygen atoms in total. The van der Waals surface area contributed by atoms with Crippen LogP contribution in [-0.2, 0) is 21.2 Å². The van der Waals surface area contributed by atoms with E-state index in [-0.39, 0.29) is 17.1 Å². The van der Waals surface area contributed by atoms with Crippen LogP contribution in [0.4, 0.5) is 5.69 Å². The van der Waals surface area contributed by atoms with Crippen molar-refractivity contribution in [3.63, 3.8) is 0 Å². The Morgan fingerprint density at radius 1 is 1.21 bits per heavy atom. The molecule has 0 aromatic heterocycles. The van der Waals surface area contributed by atoms with Crippen LogP contribution in [-0.4, -0.2) is 57.8 Å². The molecule has 0 saturated heterocycles. The number of sulfone groups is 1. The molecule has 9 heteroatoms. The van der Waals surface area contributed by atoms with E-state index in [1.165, 1.54) is 13.4 Å². The fourth-order valence-electron chi connectivity index (χ4n) is 4.37. The average Bonchev–Trinajstić information content (AvgIpc) is 3.52. The average molecular weight is 487 g/mol. The summed E-state index contributed by atoms with van der Waals surface area (Å²) >= 11 is 0. The van der Waals surface area contributed by atoms with E-state index >= 15 is 0 Å². The summed E-state index contributed by atoms with van der Waals surface area (Å²) < 4.78 is 35.8. The molecule has 2 aliphatic rings. The quantitative estimate of drug-likeness (QED) is 0.487. The Kier molecular flexibility index (Phi) is 6.58. The third-order valence-corrected chi connectivity index (χ3v) is 7.37. The Bertz CT molecular complexity index is 1210. The summed E-state index contributed by atoms with van der Waals surface area (Å²) in [6, 6.07) is 10.1. The van der Waals surface area contributed by atoms with Crippen LogP contribution in [0.3, 0.4) is 0 Å². The number of carbonyl (C=O) groups is 2. The Morgan fingerprint density at radius 2 is 1.97 bits per heavy atom. The van der Waals surface area contributed by atoms with Crippen molar-refractivity contribution in [2.75, 3.05) is 37.6 Å². The largest absolute Gasteiger partial charge is 0.493 e. The minimum atomic E-state index is -3.42. The standard InChI is InChI=1S/C25H30N2O6S/c1-4-33-22-12-17(8-9-21(22)32-2)20(14-34(3,30)31)27-13-18-6-5-7-19(23(18)24(27)29)26-15-25(16-28)10-11-25/h5-9,12,16,20,26H,4,10-11,13-15H2,1-3H3. The van der Waals surface area contributed by atoms with E-state index in [2.05, 4.69) is 5.32 Å². The van der Waals surface area contributed by atoms with Gasteiger partial charge in [0.05, 0.1) is 31.1 Å². The summed E-state index contributed by atoms with van der Waals surface area (Å²) in [6.07, 6.45) is 3.84. The summed E-state index contributed by atoms with van der Waals surface area (Å²) in [4.78, 5) is 26.6. The topological polar surface area (TPSA) is 102 Å². The molecule has 1 atom stereocenters. The zero-order valence-corrected chi connectivity index (χ0v) is 20.5. The Hall–Kier alpha value is -3.07. The first kappa shape index (κ1) is 24.1. The molecule has 34 heavy (non-hydrogen) atoms. The number of nitrogens with zero attached hydrogens (tertiary/aromatic N) is 1. The molecule has 0 bridgehead atoms. The van der Waals surface area contributed by atoms with Gasteiger partial charge in [0.2, 0.25) is 0 Å². The van der Waals surface area contributed by atoms with Gasteiger partial charge in [-0.15, -0.1) is 0 Å². The number of nitrogens with one attached hydrogen (secondary N) is 1. The van der Waals surface area contributed by atoms with E-state index in [9.17, 15) is 18.0 Å². The number of carbonyl (C=O) groups excluding carboxylic acids is 2. The predicted octanol–water partition coefficient (Wildman–Crippen LogP) is 3.23. The zero-order chi connectivity index (χ0) is 24.5. The second-order valence-corrected chi connectivity index (χ2v) is 11.2. The minimum Gasteiger partial charge on any atom is -0.493 e. The number of hydrogen-bond acceptors (Lipinski definition) is 7. The number of rotatable bonds is 11. The van der Waals surface area contributed by atoms with Gasteiger partial charge in [0.1, 0.15) is 16.1 Å². The van der Waals surface area contributed by atoms with Crippen LogP contribution in [0.5, 0.6) is 11.5 Å². The highest BCUT2D eigenvalue weighted by Crippen LogP contribution is 2.44. The van der Waals surface area contributed by atoms with Crippen LogP contribution in [0.15, 0.2) is 36.4 Å². The van der Waals surface area contributed by atoms with Crippen molar-refractivity contribution >= 4 is 27.7 Å². The number of anilines is 1. The van der Waals surface area contributed by atoms with Crippen LogP contribution in [0.25, 0.3) is 0 Å². The van der Waals surface area contributed by atoms with Gasteiger partial charge in [-0.05, 0) is 49.1 Å². The summed E-state index contributed by atoms with van der Waals surface area (Å²) in [7, 11) is -1.88. The van der Waals surface area contributed by atoms with E-state index in [1.54, 1.807) is 23.1 Å². The van der Waals surface area contributed by atoms with E-state index in [4.69, 9.17) is 9.47 Å². The first-order valence-electron chi connectivity index (χ1n) is 11.3.